The largest absolute Gasteiger partial charge is 0.370 e. The summed E-state index contributed by atoms with van der Waals surface area (Å²) in [5.74, 6) is 0.886. The summed E-state index contributed by atoms with van der Waals surface area (Å²) in [6.07, 6.45) is 6.46. The number of benzene rings is 1. The maximum Gasteiger partial charge on any atom is 0.226 e. The van der Waals surface area contributed by atoms with Gasteiger partial charge in [-0.15, -0.1) is 24.0 Å². The summed E-state index contributed by atoms with van der Waals surface area (Å²) in [4.78, 5) is 20.5. The Kier molecular flexibility index (Phi) is 7.33. The minimum atomic E-state index is 0. The van der Waals surface area contributed by atoms with Crippen LogP contribution in [-0.2, 0) is 11.3 Å². The van der Waals surface area contributed by atoms with E-state index < -0.39 is 0 Å². The van der Waals surface area contributed by atoms with Crippen molar-refractivity contribution in [2.45, 2.75) is 45.1 Å². The highest BCUT2D eigenvalue weighted by atomic mass is 127. The van der Waals surface area contributed by atoms with Gasteiger partial charge in [0.1, 0.15) is 0 Å². The average molecular weight is 442 g/mol. The molecule has 2 aliphatic rings. The zero-order valence-corrected chi connectivity index (χ0v) is 16.4. The van der Waals surface area contributed by atoms with Gasteiger partial charge in [0, 0.05) is 31.7 Å². The predicted octanol–water partition coefficient (Wildman–Crippen LogP) is 3.12. The molecule has 0 saturated carbocycles. The SMILES string of the molecule is I.NC(=NCc1ccc(N2CCCCC2=O)cc1)N1CCCCC1. The van der Waals surface area contributed by atoms with Crippen LogP contribution in [0, 0.1) is 0 Å². The third-order valence-electron chi connectivity index (χ3n) is 4.68. The number of likely N-dealkylation sites (tertiary alicyclic amines) is 1. The van der Waals surface area contributed by atoms with E-state index in [4.69, 9.17) is 5.73 Å². The molecular weight excluding hydrogens is 415 g/mol. The quantitative estimate of drug-likeness (QED) is 0.445. The lowest BCUT2D eigenvalue weighted by Crippen LogP contribution is -2.40. The first-order valence-electron chi connectivity index (χ1n) is 8.68. The summed E-state index contributed by atoms with van der Waals surface area (Å²) in [6, 6.07) is 8.13. The maximum absolute atomic E-state index is 12.0. The number of nitrogens with two attached hydrogens (primary N) is 1. The molecule has 0 aromatic heterocycles. The number of hydrogen-bond donors (Lipinski definition) is 1. The standard InChI is InChI=1S/C18H26N4O.HI/c19-18(21-11-3-1-4-12-21)20-14-15-7-9-16(10-8-15)22-13-5-2-6-17(22)23;/h7-10H,1-6,11-14H2,(H2,19,20);1H. The molecule has 2 saturated heterocycles. The molecule has 0 spiro atoms. The number of carbonyl (C=O) groups is 1. The summed E-state index contributed by atoms with van der Waals surface area (Å²) in [5, 5.41) is 0. The molecule has 1 aromatic carbocycles. The summed E-state index contributed by atoms with van der Waals surface area (Å²) in [7, 11) is 0. The third-order valence-corrected chi connectivity index (χ3v) is 4.68. The number of amides is 1. The fourth-order valence-corrected chi connectivity index (χ4v) is 3.26. The lowest BCUT2D eigenvalue weighted by molar-refractivity contribution is -0.119. The van der Waals surface area contributed by atoms with Gasteiger partial charge in [-0.2, -0.15) is 0 Å². The van der Waals surface area contributed by atoms with Gasteiger partial charge in [-0.05, 0) is 49.8 Å². The lowest BCUT2D eigenvalue weighted by atomic mass is 10.1. The zero-order valence-electron chi connectivity index (χ0n) is 14.1. The molecule has 0 unspecified atom stereocenters. The van der Waals surface area contributed by atoms with Gasteiger partial charge in [0.05, 0.1) is 6.54 Å². The van der Waals surface area contributed by atoms with Gasteiger partial charge in [0.25, 0.3) is 0 Å². The van der Waals surface area contributed by atoms with Gasteiger partial charge in [-0.25, -0.2) is 4.99 Å². The second kappa shape index (κ2) is 9.25. The summed E-state index contributed by atoms with van der Waals surface area (Å²) in [5.41, 5.74) is 8.20. The van der Waals surface area contributed by atoms with Crippen LogP contribution in [0.3, 0.4) is 0 Å². The first-order chi connectivity index (χ1) is 11.2. The monoisotopic (exact) mass is 442 g/mol. The number of anilines is 1. The van der Waals surface area contributed by atoms with Crippen molar-refractivity contribution in [3.8, 4) is 0 Å². The molecule has 1 amide bonds. The van der Waals surface area contributed by atoms with Crippen LogP contribution >= 0.6 is 24.0 Å². The van der Waals surface area contributed by atoms with E-state index >= 15 is 0 Å². The summed E-state index contributed by atoms with van der Waals surface area (Å²) >= 11 is 0. The smallest absolute Gasteiger partial charge is 0.226 e. The van der Waals surface area contributed by atoms with Gasteiger partial charge >= 0.3 is 0 Å². The van der Waals surface area contributed by atoms with Gasteiger partial charge in [-0.3, -0.25) is 4.79 Å². The predicted molar refractivity (Wildman–Crippen MR) is 109 cm³/mol. The van der Waals surface area contributed by atoms with E-state index in [0.717, 1.165) is 43.7 Å². The molecule has 0 bridgehead atoms. The second-order valence-electron chi connectivity index (χ2n) is 6.39. The minimum Gasteiger partial charge on any atom is -0.370 e. The summed E-state index contributed by atoms with van der Waals surface area (Å²) < 4.78 is 0. The number of guanidine groups is 1. The molecule has 0 radical (unpaired) electrons. The molecule has 2 N–H and O–H groups in total. The summed E-state index contributed by atoms with van der Waals surface area (Å²) in [6.45, 7) is 3.46. The molecule has 3 rings (SSSR count). The van der Waals surface area contributed by atoms with Crippen molar-refractivity contribution in [2.24, 2.45) is 10.7 Å². The van der Waals surface area contributed by atoms with Crippen LogP contribution in [0.25, 0.3) is 0 Å². The van der Waals surface area contributed by atoms with Crippen molar-refractivity contribution in [2.75, 3.05) is 24.5 Å². The van der Waals surface area contributed by atoms with Crippen LogP contribution in [0.4, 0.5) is 5.69 Å². The molecule has 2 heterocycles. The van der Waals surface area contributed by atoms with Gasteiger partial charge in [0.15, 0.2) is 5.96 Å². The molecule has 2 aliphatic heterocycles. The van der Waals surface area contributed by atoms with Crippen LogP contribution < -0.4 is 10.6 Å². The number of aliphatic imine (C=N–C) groups is 1. The Balaban J connectivity index is 0.00000208. The highest BCUT2D eigenvalue weighted by molar-refractivity contribution is 14.0. The van der Waals surface area contributed by atoms with Crippen LogP contribution in [0.1, 0.15) is 44.1 Å². The Labute approximate surface area is 161 Å². The Morgan fingerprint density at radius 1 is 1.00 bits per heavy atom. The Morgan fingerprint density at radius 3 is 2.33 bits per heavy atom. The van der Waals surface area contributed by atoms with Gasteiger partial charge < -0.3 is 15.5 Å². The molecule has 5 nitrogen and oxygen atoms in total. The molecule has 6 heteroatoms. The molecule has 0 atom stereocenters. The number of halogens is 1. The maximum atomic E-state index is 12.0. The third kappa shape index (κ3) is 4.84. The van der Waals surface area contributed by atoms with E-state index in [-0.39, 0.29) is 29.9 Å². The fraction of sp³-hybridized carbons (Fsp3) is 0.556. The van der Waals surface area contributed by atoms with E-state index in [1.165, 1.54) is 19.3 Å². The highest BCUT2D eigenvalue weighted by Crippen LogP contribution is 2.21. The fourth-order valence-electron chi connectivity index (χ4n) is 3.26. The van der Waals surface area contributed by atoms with E-state index in [0.29, 0.717) is 18.9 Å². The van der Waals surface area contributed by atoms with Gasteiger partial charge in [0.2, 0.25) is 5.91 Å². The molecule has 24 heavy (non-hydrogen) atoms. The van der Waals surface area contributed by atoms with Crippen molar-refractivity contribution < 1.29 is 4.79 Å². The minimum absolute atomic E-state index is 0. The molecule has 132 valence electrons. The first-order valence-corrected chi connectivity index (χ1v) is 8.68. The van der Waals surface area contributed by atoms with Gasteiger partial charge in [-0.1, -0.05) is 12.1 Å². The lowest BCUT2D eigenvalue weighted by Gasteiger charge is -2.27. The molecule has 2 fully saturated rings. The first kappa shape index (κ1) is 19.0. The molecule has 1 aromatic rings. The van der Waals surface area contributed by atoms with Crippen LogP contribution in [0.5, 0.6) is 0 Å². The molecule has 0 aliphatic carbocycles. The zero-order chi connectivity index (χ0) is 16.1. The Morgan fingerprint density at radius 2 is 1.67 bits per heavy atom. The number of carbonyl (C=O) groups excluding carboxylic acids is 1. The highest BCUT2D eigenvalue weighted by Gasteiger charge is 2.19. The Bertz CT molecular complexity index is 567. The number of hydrogen-bond acceptors (Lipinski definition) is 2. The van der Waals surface area contributed by atoms with Crippen LogP contribution in [0.15, 0.2) is 29.3 Å². The van der Waals surface area contributed by atoms with Crippen molar-refractivity contribution in [1.29, 1.82) is 0 Å². The van der Waals surface area contributed by atoms with E-state index in [1.54, 1.807) is 0 Å². The van der Waals surface area contributed by atoms with E-state index in [2.05, 4.69) is 9.89 Å². The van der Waals surface area contributed by atoms with Crippen molar-refractivity contribution in [1.82, 2.24) is 4.90 Å². The second-order valence-corrected chi connectivity index (χ2v) is 6.39. The topological polar surface area (TPSA) is 61.9 Å². The van der Waals surface area contributed by atoms with E-state index in [9.17, 15) is 4.79 Å². The molecular formula is C18H27IN4O. The number of rotatable bonds is 3. The Hall–Kier alpha value is -1.31. The van der Waals surface area contributed by atoms with Crippen molar-refractivity contribution >= 4 is 41.5 Å². The normalized spacial score (nSPS) is 19.2. The van der Waals surface area contributed by atoms with Crippen molar-refractivity contribution in [3.05, 3.63) is 29.8 Å². The van der Waals surface area contributed by atoms with Crippen LogP contribution in [0.2, 0.25) is 0 Å². The average Bonchev–Trinajstić information content (AvgIpc) is 2.61. The van der Waals surface area contributed by atoms with Crippen LogP contribution in [-0.4, -0.2) is 36.4 Å². The number of nitrogens with zero attached hydrogens (tertiary/aromatic N) is 3. The van der Waals surface area contributed by atoms with Crippen molar-refractivity contribution in [3.63, 3.8) is 0 Å². The van der Waals surface area contributed by atoms with E-state index in [1.807, 2.05) is 29.2 Å². The number of piperidine rings is 2.